The highest BCUT2D eigenvalue weighted by Gasteiger charge is 2.44. The van der Waals surface area contributed by atoms with E-state index in [0.29, 0.717) is 22.9 Å². The second kappa shape index (κ2) is 9.03. The number of hydrogen-bond donors (Lipinski definition) is 0. The summed E-state index contributed by atoms with van der Waals surface area (Å²) in [6.07, 6.45) is 1.34. The summed E-state index contributed by atoms with van der Waals surface area (Å²) in [5.74, 6) is -1.33. The van der Waals surface area contributed by atoms with Crippen molar-refractivity contribution < 1.29 is 28.7 Å². The molecule has 1 aliphatic heterocycles. The first kappa shape index (κ1) is 20.9. The van der Waals surface area contributed by atoms with Crippen LogP contribution in [-0.4, -0.2) is 72.3 Å². The molecule has 2 rings (SSSR count). The Kier molecular flexibility index (Phi) is 6.75. The van der Waals surface area contributed by atoms with Crippen molar-refractivity contribution in [1.82, 2.24) is 14.7 Å². The molecule has 1 aromatic carbocycles. The summed E-state index contributed by atoms with van der Waals surface area (Å²) in [6.45, 7) is 5.24. The minimum absolute atomic E-state index is 0.0861. The van der Waals surface area contributed by atoms with Crippen LogP contribution < -0.4 is 9.47 Å². The third-order valence-corrected chi connectivity index (χ3v) is 4.30. The summed E-state index contributed by atoms with van der Waals surface area (Å²) in [6, 6.07) is 4.45. The first-order chi connectivity index (χ1) is 13.4. The Labute approximate surface area is 163 Å². The Morgan fingerprint density at radius 3 is 2.32 bits per heavy atom. The lowest BCUT2D eigenvalue weighted by Gasteiger charge is -2.23. The molecule has 150 valence electrons. The van der Waals surface area contributed by atoms with Crippen LogP contribution in [0, 0.1) is 0 Å². The Balaban J connectivity index is 2.12. The molecule has 0 unspecified atom stereocenters. The van der Waals surface area contributed by atoms with Crippen LogP contribution in [0.2, 0.25) is 0 Å². The quantitative estimate of drug-likeness (QED) is 0.356. The maximum atomic E-state index is 12.6. The van der Waals surface area contributed by atoms with Crippen molar-refractivity contribution in [3.05, 3.63) is 36.4 Å². The molecule has 0 atom stereocenters. The van der Waals surface area contributed by atoms with Gasteiger partial charge < -0.3 is 14.4 Å². The van der Waals surface area contributed by atoms with Crippen molar-refractivity contribution in [2.24, 2.45) is 0 Å². The number of carbonyl (C=O) groups is 4. The molecule has 0 bridgehead atoms. The lowest BCUT2D eigenvalue weighted by molar-refractivity contribution is -0.144. The van der Waals surface area contributed by atoms with Crippen LogP contribution in [0.25, 0.3) is 0 Å². The fourth-order valence-electron chi connectivity index (χ4n) is 2.79. The number of nitrogens with zero attached hydrogens (tertiary/aromatic N) is 3. The lowest BCUT2D eigenvalue weighted by atomic mass is 10.2. The maximum Gasteiger partial charge on any atom is 0.335 e. The number of hydrogen-bond acceptors (Lipinski definition) is 6. The number of rotatable bonds is 9. The van der Waals surface area contributed by atoms with E-state index < -0.39 is 30.3 Å². The van der Waals surface area contributed by atoms with E-state index in [4.69, 9.17) is 9.47 Å². The Morgan fingerprint density at radius 2 is 1.75 bits per heavy atom. The van der Waals surface area contributed by atoms with Crippen LogP contribution in [0.1, 0.15) is 12.5 Å². The van der Waals surface area contributed by atoms with Crippen LogP contribution in [0.4, 0.5) is 4.79 Å². The number of amides is 5. The number of urea groups is 1. The fraction of sp³-hybridized carbons (Fsp3) is 0.368. The van der Waals surface area contributed by atoms with Gasteiger partial charge in [-0.1, -0.05) is 12.1 Å². The molecule has 9 heteroatoms. The fourth-order valence-corrected chi connectivity index (χ4v) is 2.79. The van der Waals surface area contributed by atoms with Crippen LogP contribution in [0.3, 0.4) is 0 Å². The summed E-state index contributed by atoms with van der Waals surface area (Å²) in [5, 5.41) is 0. The van der Waals surface area contributed by atoms with E-state index in [0.717, 1.165) is 10.5 Å². The van der Waals surface area contributed by atoms with Gasteiger partial charge >= 0.3 is 17.8 Å². The standard InChI is InChI=1S/C19H23N3O6/c1-5-9-21-17(24)18(25)22(19(21)26)12-16(23)20(6-2)11-13-7-8-14(27-3)15(10-13)28-4/h5,7-8,10H,1,6,9,11-12H2,2-4H3. The largest absolute Gasteiger partial charge is 0.493 e. The van der Waals surface area contributed by atoms with Crippen molar-refractivity contribution in [2.75, 3.05) is 33.9 Å². The van der Waals surface area contributed by atoms with Gasteiger partial charge in [0.05, 0.1) is 14.2 Å². The van der Waals surface area contributed by atoms with Gasteiger partial charge in [-0.15, -0.1) is 6.58 Å². The monoisotopic (exact) mass is 389 g/mol. The van der Waals surface area contributed by atoms with Crippen molar-refractivity contribution >= 4 is 23.8 Å². The van der Waals surface area contributed by atoms with Gasteiger partial charge in [0, 0.05) is 19.6 Å². The van der Waals surface area contributed by atoms with Gasteiger partial charge in [0.25, 0.3) is 0 Å². The highest BCUT2D eigenvalue weighted by molar-refractivity contribution is 6.45. The summed E-state index contributed by atoms with van der Waals surface area (Å²) in [7, 11) is 3.04. The Hall–Kier alpha value is -3.36. The molecule has 0 aromatic heterocycles. The van der Waals surface area contributed by atoms with E-state index in [9.17, 15) is 19.2 Å². The van der Waals surface area contributed by atoms with Crippen LogP contribution in [0.5, 0.6) is 11.5 Å². The molecule has 28 heavy (non-hydrogen) atoms. The molecular formula is C19H23N3O6. The topological polar surface area (TPSA) is 96.5 Å². The van der Waals surface area contributed by atoms with Crippen LogP contribution >= 0.6 is 0 Å². The zero-order chi connectivity index (χ0) is 20.8. The Morgan fingerprint density at radius 1 is 1.11 bits per heavy atom. The minimum Gasteiger partial charge on any atom is -0.493 e. The molecule has 0 aliphatic carbocycles. The average Bonchev–Trinajstić information content (AvgIpc) is 2.90. The molecule has 1 heterocycles. The number of likely N-dealkylation sites (N-methyl/N-ethyl adjacent to an activating group) is 1. The first-order valence-electron chi connectivity index (χ1n) is 8.64. The van der Waals surface area contributed by atoms with Gasteiger partial charge in [-0.2, -0.15) is 0 Å². The second-order valence-corrected chi connectivity index (χ2v) is 5.98. The lowest BCUT2D eigenvalue weighted by Crippen LogP contribution is -2.43. The number of carbonyl (C=O) groups excluding carboxylic acids is 4. The minimum atomic E-state index is -1.01. The third-order valence-electron chi connectivity index (χ3n) is 4.30. The van der Waals surface area contributed by atoms with Crippen molar-refractivity contribution in [1.29, 1.82) is 0 Å². The number of methoxy groups -OCH3 is 2. The van der Waals surface area contributed by atoms with E-state index in [2.05, 4.69) is 6.58 Å². The van der Waals surface area contributed by atoms with Gasteiger partial charge in [0.1, 0.15) is 6.54 Å². The van der Waals surface area contributed by atoms with Crippen LogP contribution in [0.15, 0.2) is 30.9 Å². The van der Waals surface area contributed by atoms with E-state index in [1.165, 1.54) is 25.2 Å². The normalized spacial score (nSPS) is 13.8. The van der Waals surface area contributed by atoms with Gasteiger partial charge in [-0.3, -0.25) is 19.3 Å². The Bertz CT molecular complexity index is 807. The smallest absolute Gasteiger partial charge is 0.335 e. The maximum absolute atomic E-state index is 12.6. The van der Waals surface area contributed by atoms with Gasteiger partial charge in [0.15, 0.2) is 11.5 Å². The molecule has 1 saturated heterocycles. The highest BCUT2D eigenvalue weighted by atomic mass is 16.5. The molecule has 0 N–H and O–H groups in total. The van der Waals surface area contributed by atoms with E-state index in [-0.39, 0.29) is 13.1 Å². The second-order valence-electron chi connectivity index (χ2n) is 5.98. The molecule has 0 saturated carbocycles. The zero-order valence-electron chi connectivity index (χ0n) is 16.1. The highest BCUT2D eigenvalue weighted by Crippen LogP contribution is 2.28. The molecule has 1 fully saturated rings. The first-order valence-corrected chi connectivity index (χ1v) is 8.64. The summed E-state index contributed by atoms with van der Waals surface area (Å²) >= 11 is 0. The molecule has 1 aliphatic rings. The van der Waals surface area contributed by atoms with Crippen molar-refractivity contribution in [3.8, 4) is 11.5 Å². The average molecular weight is 389 g/mol. The molecule has 1 aromatic rings. The van der Waals surface area contributed by atoms with Gasteiger partial charge in [-0.05, 0) is 24.6 Å². The molecular weight excluding hydrogens is 366 g/mol. The van der Waals surface area contributed by atoms with E-state index in [1.54, 1.807) is 25.1 Å². The third kappa shape index (κ3) is 4.13. The summed E-state index contributed by atoms with van der Waals surface area (Å²) in [5.41, 5.74) is 0.788. The molecule has 9 nitrogen and oxygen atoms in total. The molecule has 5 amide bonds. The molecule has 0 radical (unpaired) electrons. The van der Waals surface area contributed by atoms with E-state index in [1.807, 2.05) is 0 Å². The summed E-state index contributed by atoms with van der Waals surface area (Å²) in [4.78, 5) is 51.7. The van der Waals surface area contributed by atoms with Crippen molar-refractivity contribution in [2.45, 2.75) is 13.5 Å². The number of benzene rings is 1. The van der Waals surface area contributed by atoms with Crippen LogP contribution in [-0.2, 0) is 20.9 Å². The molecule has 0 spiro atoms. The number of imide groups is 2. The SMILES string of the molecule is C=CCN1C(=O)C(=O)N(CC(=O)N(CC)Cc2ccc(OC)c(OC)c2)C1=O. The van der Waals surface area contributed by atoms with Crippen molar-refractivity contribution in [3.63, 3.8) is 0 Å². The van der Waals surface area contributed by atoms with E-state index >= 15 is 0 Å². The van der Waals surface area contributed by atoms with Gasteiger partial charge in [-0.25, -0.2) is 9.69 Å². The predicted molar refractivity (Wildman–Crippen MR) is 99.7 cm³/mol. The van der Waals surface area contributed by atoms with Gasteiger partial charge in [0.2, 0.25) is 5.91 Å². The predicted octanol–water partition coefficient (Wildman–Crippen LogP) is 1.03. The number of ether oxygens (including phenoxy) is 2. The summed E-state index contributed by atoms with van der Waals surface area (Å²) < 4.78 is 10.4. The zero-order valence-corrected chi connectivity index (χ0v) is 16.1.